The Morgan fingerprint density at radius 3 is 2.53 bits per heavy atom. The van der Waals surface area contributed by atoms with Gasteiger partial charge >= 0.3 is 0 Å². The van der Waals surface area contributed by atoms with Gasteiger partial charge in [-0.2, -0.15) is 0 Å². The summed E-state index contributed by atoms with van der Waals surface area (Å²) in [6, 6.07) is 5.97. The van der Waals surface area contributed by atoms with Crippen LogP contribution >= 0.6 is 15.9 Å². The van der Waals surface area contributed by atoms with Crippen molar-refractivity contribution in [2.24, 2.45) is 0 Å². The molecule has 0 spiro atoms. The fraction of sp³-hybridized carbons (Fsp3) is 0.571. The van der Waals surface area contributed by atoms with E-state index in [1.54, 1.807) is 12.1 Å². The lowest BCUT2D eigenvalue weighted by molar-refractivity contribution is 0.458. The average molecular weight is 300 g/mol. The van der Waals surface area contributed by atoms with Gasteiger partial charge in [-0.1, -0.05) is 31.7 Å². The summed E-state index contributed by atoms with van der Waals surface area (Å²) in [5, 5.41) is 3.54. The Kier molecular flexibility index (Phi) is 4.99. The van der Waals surface area contributed by atoms with Gasteiger partial charge in [-0.3, -0.25) is 0 Å². The Bertz CT molecular complexity index is 359. The van der Waals surface area contributed by atoms with Crippen molar-refractivity contribution in [1.29, 1.82) is 0 Å². The molecule has 0 heterocycles. The van der Waals surface area contributed by atoms with Gasteiger partial charge in [0, 0.05) is 12.6 Å². The minimum atomic E-state index is -0.176. The predicted molar refractivity (Wildman–Crippen MR) is 72.4 cm³/mol. The zero-order chi connectivity index (χ0) is 12.1. The van der Waals surface area contributed by atoms with Gasteiger partial charge in [-0.15, -0.1) is 0 Å². The van der Waals surface area contributed by atoms with E-state index in [0.717, 1.165) is 12.1 Å². The molecule has 1 aliphatic rings. The number of nitrogens with one attached hydrogen (secondary N) is 1. The fourth-order valence-electron chi connectivity index (χ4n) is 2.40. The zero-order valence-corrected chi connectivity index (χ0v) is 11.6. The maximum Gasteiger partial charge on any atom is 0.137 e. The van der Waals surface area contributed by atoms with Crippen LogP contribution in [0.5, 0.6) is 0 Å². The summed E-state index contributed by atoms with van der Waals surface area (Å²) in [5.74, 6) is -0.176. The highest BCUT2D eigenvalue weighted by Gasteiger charge is 2.11. The van der Waals surface area contributed by atoms with E-state index < -0.39 is 0 Å². The quantitative estimate of drug-likeness (QED) is 0.816. The van der Waals surface area contributed by atoms with Crippen LogP contribution in [-0.2, 0) is 6.54 Å². The Morgan fingerprint density at radius 2 is 1.88 bits per heavy atom. The fourth-order valence-corrected chi connectivity index (χ4v) is 2.64. The summed E-state index contributed by atoms with van der Waals surface area (Å²) in [5.41, 5.74) is 1.02. The zero-order valence-electron chi connectivity index (χ0n) is 10.0. The first-order chi connectivity index (χ1) is 8.25. The van der Waals surface area contributed by atoms with Crippen LogP contribution < -0.4 is 5.32 Å². The van der Waals surface area contributed by atoms with Gasteiger partial charge in [-0.25, -0.2) is 4.39 Å². The molecule has 2 rings (SSSR count). The third kappa shape index (κ3) is 4.07. The van der Waals surface area contributed by atoms with E-state index in [4.69, 9.17) is 0 Å². The monoisotopic (exact) mass is 299 g/mol. The molecule has 0 bridgehead atoms. The number of hydrogen-bond donors (Lipinski definition) is 1. The van der Waals surface area contributed by atoms with Gasteiger partial charge in [0.2, 0.25) is 0 Å². The molecular weight excluding hydrogens is 281 g/mol. The standard InChI is InChI=1S/C14H19BrFN/c15-13-8-7-11(9-14(13)16)10-17-12-5-3-1-2-4-6-12/h7-9,12,17H,1-6,10H2. The molecule has 3 heteroatoms. The van der Waals surface area contributed by atoms with Gasteiger partial charge in [-0.05, 0) is 46.5 Å². The van der Waals surface area contributed by atoms with Crippen LogP contribution in [0.2, 0.25) is 0 Å². The molecular formula is C14H19BrFN. The Balaban J connectivity index is 1.85. The van der Waals surface area contributed by atoms with Gasteiger partial charge < -0.3 is 5.32 Å². The molecule has 0 saturated heterocycles. The summed E-state index contributed by atoms with van der Waals surface area (Å²) < 4.78 is 13.9. The van der Waals surface area contributed by atoms with Crippen LogP contribution in [0.3, 0.4) is 0 Å². The second-order valence-electron chi connectivity index (χ2n) is 4.82. The lowest BCUT2D eigenvalue weighted by atomic mass is 10.1. The van der Waals surface area contributed by atoms with Crippen LogP contribution in [0.25, 0.3) is 0 Å². The Hall–Kier alpha value is -0.410. The number of halogens is 2. The predicted octanol–water partition coefficient (Wildman–Crippen LogP) is 4.40. The molecule has 1 aliphatic carbocycles. The highest BCUT2D eigenvalue weighted by atomic mass is 79.9. The van der Waals surface area contributed by atoms with Crippen LogP contribution in [0, 0.1) is 5.82 Å². The second-order valence-corrected chi connectivity index (χ2v) is 5.67. The van der Waals surface area contributed by atoms with E-state index in [1.807, 2.05) is 6.07 Å². The highest BCUT2D eigenvalue weighted by Crippen LogP contribution is 2.19. The van der Waals surface area contributed by atoms with Crippen molar-refractivity contribution in [3.8, 4) is 0 Å². The van der Waals surface area contributed by atoms with Gasteiger partial charge in [0.15, 0.2) is 0 Å². The second kappa shape index (κ2) is 6.50. The SMILES string of the molecule is Fc1cc(CNC2CCCCCC2)ccc1Br. The number of hydrogen-bond acceptors (Lipinski definition) is 1. The highest BCUT2D eigenvalue weighted by molar-refractivity contribution is 9.10. The lowest BCUT2D eigenvalue weighted by Crippen LogP contribution is -2.27. The number of rotatable bonds is 3. The van der Waals surface area contributed by atoms with Gasteiger partial charge in [0.05, 0.1) is 4.47 Å². The summed E-state index contributed by atoms with van der Waals surface area (Å²) in [4.78, 5) is 0. The lowest BCUT2D eigenvalue weighted by Gasteiger charge is -2.16. The first-order valence-electron chi connectivity index (χ1n) is 6.43. The first-order valence-corrected chi connectivity index (χ1v) is 7.22. The van der Waals surface area contributed by atoms with Crippen molar-refractivity contribution in [2.75, 3.05) is 0 Å². The molecule has 1 saturated carbocycles. The molecule has 17 heavy (non-hydrogen) atoms. The van der Waals surface area contributed by atoms with E-state index >= 15 is 0 Å². The van der Waals surface area contributed by atoms with E-state index in [-0.39, 0.29) is 5.82 Å². The van der Waals surface area contributed by atoms with Crippen LogP contribution in [0.4, 0.5) is 4.39 Å². The normalized spacial score (nSPS) is 18.0. The number of benzene rings is 1. The molecule has 1 N–H and O–H groups in total. The molecule has 1 aromatic rings. The smallest absolute Gasteiger partial charge is 0.137 e. The van der Waals surface area contributed by atoms with E-state index in [9.17, 15) is 4.39 Å². The van der Waals surface area contributed by atoms with Crippen LogP contribution in [-0.4, -0.2) is 6.04 Å². The van der Waals surface area contributed by atoms with Crippen molar-refractivity contribution in [3.05, 3.63) is 34.1 Å². The summed E-state index contributed by atoms with van der Waals surface area (Å²) in [6.07, 6.45) is 7.91. The average Bonchev–Trinajstić information content (AvgIpc) is 2.59. The minimum absolute atomic E-state index is 0.176. The topological polar surface area (TPSA) is 12.0 Å². The van der Waals surface area contributed by atoms with E-state index in [2.05, 4.69) is 21.2 Å². The minimum Gasteiger partial charge on any atom is -0.310 e. The van der Waals surface area contributed by atoms with Crippen molar-refractivity contribution in [1.82, 2.24) is 5.32 Å². The maximum atomic E-state index is 13.3. The molecule has 94 valence electrons. The molecule has 0 amide bonds. The molecule has 1 fully saturated rings. The molecule has 0 aliphatic heterocycles. The molecule has 1 nitrogen and oxygen atoms in total. The molecule has 0 unspecified atom stereocenters. The first kappa shape index (κ1) is 13.0. The third-order valence-corrected chi connectivity index (χ3v) is 4.08. The van der Waals surface area contributed by atoms with Gasteiger partial charge in [0.25, 0.3) is 0 Å². The summed E-state index contributed by atoms with van der Waals surface area (Å²) >= 11 is 3.17. The van der Waals surface area contributed by atoms with Crippen molar-refractivity contribution >= 4 is 15.9 Å². The van der Waals surface area contributed by atoms with Gasteiger partial charge in [0.1, 0.15) is 5.82 Å². The van der Waals surface area contributed by atoms with Crippen molar-refractivity contribution in [2.45, 2.75) is 51.1 Å². The molecule has 1 aromatic carbocycles. The van der Waals surface area contributed by atoms with Crippen LogP contribution in [0.1, 0.15) is 44.1 Å². The van der Waals surface area contributed by atoms with Crippen LogP contribution in [0.15, 0.2) is 22.7 Å². The van der Waals surface area contributed by atoms with E-state index in [1.165, 1.54) is 38.5 Å². The largest absolute Gasteiger partial charge is 0.310 e. The van der Waals surface area contributed by atoms with Crippen molar-refractivity contribution in [3.63, 3.8) is 0 Å². The molecule has 0 atom stereocenters. The summed E-state index contributed by atoms with van der Waals surface area (Å²) in [6.45, 7) is 0.773. The Labute approximate surface area is 111 Å². The molecule has 0 aromatic heterocycles. The van der Waals surface area contributed by atoms with E-state index in [0.29, 0.717) is 10.5 Å². The summed E-state index contributed by atoms with van der Waals surface area (Å²) in [7, 11) is 0. The maximum absolute atomic E-state index is 13.3. The Morgan fingerprint density at radius 1 is 1.18 bits per heavy atom. The third-order valence-electron chi connectivity index (χ3n) is 3.43. The van der Waals surface area contributed by atoms with Crippen molar-refractivity contribution < 1.29 is 4.39 Å². The molecule has 0 radical (unpaired) electrons.